The summed E-state index contributed by atoms with van der Waals surface area (Å²) in [5.41, 5.74) is -0.112. The van der Waals surface area contributed by atoms with Gasteiger partial charge in [0.15, 0.2) is 0 Å². The molecule has 0 aromatic heterocycles. The highest BCUT2D eigenvalue weighted by Crippen LogP contribution is 2.41. The number of carbonyl (C=O) groups is 1. The van der Waals surface area contributed by atoms with E-state index < -0.39 is 5.97 Å². The Kier molecular flexibility index (Phi) is 4.36. The summed E-state index contributed by atoms with van der Waals surface area (Å²) >= 11 is 0. The normalized spacial score (nSPS) is 31.0. The summed E-state index contributed by atoms with van der Waals surface area (Å²) in [5, 5.41) is 9.08. The van der Waals surface area contributed by atoms with Gasteiger partial charge in [-0.25, -0.2) is 0 Å². The summed E-state index contributed by atoms with van der Waals surface area (Å²) in [6.07, 6.45) is 4.75. The Morgan fingerprint density at radius 3 is 2.56 bits per heavy atom. The second-order valence-corrected chi connectivity index (χ2v) is 5.79. The topological polar surface area (TPSA) is 40.5 Å². The molecule has 3 heteroatoms. The minimum Gasteiger partial charge on any atom is -0.481 e. The molecule has 0 aromatic rings. The van der Waals surface area contributed by atoms with Crippen molar-refractivity contribution in [3.05, 3.63) is 0 Å². The fourth-order valence-corrected chi connectivity index (χ4v) is 2.96. The molecule has 1 aliphatic rings. The van der Waals surface area contributed by atoms with Crippen LogP contribution < -0.4 is 0 Å². The maximum atomic E-state index is 11.0. The lowest BCUT2D eigenvalue weighted by molar-refractivity contribution is -0.141. The SMILES string of the molecule is CC(C)C1CCCC(CC(=O)O)(N(C)C)C1. The van der Waals surface area contributed by atoms with Crippen LogP contribution in [0.15, 0.2) is 0 Å². The maximum Gasteiger partial charge on any atom is 0.305 e. The molecule has 0 saturated heterocycles. The van der Waals surface area contributed by atoms with Gasteiger partial charge >= 0.3 is 5.97 Å². The van der Waals surface area contributed by atoms with Crippen LogP contribution >= 0.6 is 0 Å². The number of carboxylic acid groups (broad SMARTS) is 1. The summed E-state index contributed by atoms with van der Waals surface area (Å²) in [5.74, 6) is 0.669. The standard InChI is InChI=1S/C13H25NO2/c1-10(2)11-6-5-7-13(8-11,14(3)4)9-12(15)16/h10-11H,5-9H2,1-4H3,(H,15,16). The number of carboxylic acids is 1. The summed E-state index contributed by atoms with van der Waals surface area (Å²) in [6, 6.07) is 0. The van der Waals surface area contributed by atoms with Gasteiger partial charge in [-0.1, -0.05) is 26.7 Å². The predicted molar refractivity (Wildman–Crippen MR) is 65.5 cm³/mol. The van der Waals surface area contributed by atoms with Crippen molar-refractivity contribution < 1.29 is 9.90 Å². The van der Waals surface area contributed by atoms with Crippen LogP contribution in [0.25, 0.3) is 0 Å². The van der Waals surface area contributed by atoms with Gasteiger partial charge in [-0.2, -0.15) is 0 Å². The fraction of sp³-hybridized carbons (Fsp3) is 0.923. The Balaban J connectivity index is 2.80. The summed E-state index contributed by atoms with van der Waals surface area (Å²) < 4.78 is 0. The van der Waals surface area contributed by atoms with Crippen LogP contribution in [0.5, 0.6) is 0 Å². The largest absolute Gasteiger partial charge is 0.481 e. The highest BCUT2D eigenvalue weighted by Gasteiger charge is 2.40. The van der Waals surface area contributed by atoms with E-state index in [1.165, 1.54) is 6.42 Å². The number of nitrogens with zero attached hydrogens (tertiary/aromatic N) is 1. The zero-order valence-electron chi connectivity index (χ0n) is 11.0. The van der Waals surface area contributed by atoms with Crippen LogP contribution in [-0.4, -0.2) is 35.6 Å². The van der Waals surface area contributed by atoms with Crippen molar-refractivity contribution in [2.45, 2.75) is 51.5 Å². The molecule has 1 rings (SSSR count). The van der Waals surface area contributed by atoms with Gasteiger partial charge in [0.05, 0.1) is 6.42 Å². The van der Waals surface area contributed by atoms with Gasteiger partial charge in [-0.05, 0) is 38.8 Å². The Bertz CT molecular complexity index is 250. The molecule has 1 fully saturated rings. The van der Waals surface area contributed by atoms with Crippen molar-refractivity contribution in [3.63, 3.8) is 0 Å². The van der Waals surface area contributed by atoms with E-state index in [0.29, 0.717) is 11.8 Å². The molecule has 0 aliphatic heterocycles. The van der Waals surface area contributed by atoms with Crippen molar-refractivity contribution in [2.24, 2.45) is 11.8 Å². The highest BCUT2D eigenvalue weighted by atomic mass is 16.4. The minimum absolute atomic E-state index is 0.112. The molecular formula is C13H25NO2. The average molecular weight is 227 g/mol. The Morgan fingerprint density at radius 2 is 2.12 bits per heavy atom. The monoisotopic (exact) mass is 227 g/mol. The fourth-order valence-electron chi connectivity index (χ4n) is 2.96. The first-order valence-electron chi connectivity index (χ1n) is 6.26. The van der Waals surface area contributed by atoms with Gasteiger partial charge in [0.2, 0.25) is 0 Å². The maximum absolute atomic E-state index is 11.0. The van der Waals surface area contributed by atoms with Gasteiger partial charge in [-0.15, -0.1) is 0 Å². The smallest absolute Gasteiger partial charge is 0.305 e. The predicted octanol–water partition coefficient (Wildman–Crippen LogP) is 2.61. The van der Waals surface area contributed by atoms with Crippen LogP contribution in [0.1, 0.15) is 46.0 Å². The van der Waals surface area contributed by atoms with Crippen molar-refractivity contribution >= 4 is 5.97 Å². The molecular weight excluding hydrogens is 202 g/mol. The van der Waals surface area contributed by atoms with Gasteiger partial charge in [0, 0.05) is 5.54 Å². The molecule has 0 radical (unpaired) electrons. The third-order valence-corrected chi connectivity index (χ3v) is 4.23. The molecule has 16 heavy (non-hydrogen) atoms. The van der Waals surface area contributed by atoms with Crippen LogP contribution in [0.4, 0.5) is 0 Å². The van der Waals surface area contributed by atoms with Crippen molar-refractivity contribution in [2.75, 3.05) is 14.1 Å². The molecule has 94 valence electrons. The van der Waals surface area contributed by atoms with Crippen LogP contribution in [0.3, 0.4) is 0 Å². The highest BCUT2D eigenvalue weighted by molar-refractivity contribution is 5.68. The molecule has 1 N–H and O–H groups in total. The number of hydrogen-bond donors (Lipinski definition) is 1. The lowest BCUT2D eigenvalue weighted by Crippen LogP contribution is -2.49. The summed E-state index contributed by atoms with van der Waals surface area (Å²) in [7, 11) is 4.04. The quantitative estimate of drug-likeness (QED) is 0.802. The van der Waals surface area contributed by atoms with E-state index in [4.69, 9.17) is 5.11 Å². The third-order valence-electron chi connectivity index (χ3n) is 4.23. The first kappa shape index (κ1) is 13.5. The van der Waals surface area contributed by atoms with E-state index in [1.807, 2.05) is 14.1 Å². The van der Waals surface area contributed by atoms with Gasteiger partial charge in [0.25, 0.3) is 0 Å². The van der Waals surface area contributed by atoms with Gasteiger partial charge in [-0.3, -0.25) is 4.79 Å². The average Bonchev–Trinajstić information content (AvgIpc) is 2.16. The minimum atomic E-state index is -0.668. The lowest BCUT2D eigenvalue weighted by Gasteiger charge is -2.46. The molecule has 0 aromatic carbocycles. The lowest BCUT2D eigenvalue weighted by atomic mass is 9.70. The van der Waals surface area contributed by atoms with Crippen LogP contribution in [0, 0.1) is 11.8 Å². The Morgan fingerprint density at radius 1 is 1.50 bits per heavy atom. The van der Waals surface area contributed by atoms with Crippen LogP contribution in [0.2, 0.25) is 0 Å². The van der Waals surface area contributed by atoms with Crippen molar-refractivity contribution in [1.29, 1.82) is 0 Å². The Hall–Kier alpha value is -0.570. The summed E-state index contributed by atoms with van der Waals surface area (Å²) in [6.45, 7) is 4.49. The number of aliphatic carboxylic acids is 1. The molecule has 2 atom stereocenters. The van der Waals surface area contributed by atoms with Crippen molar-refractivity contribution in [1.82, 2.24) is 4.90 Å². The third kappa shape index (κ3) is 2.97. The first-order valence-corrected chi connectivity index (χ1v) is 6.26. The molecule has 2 unspecified atom stereocenters. The van der Waals surface area contributed by atoms with E-state index in [2.05, 4.69) is 18.7 Å². The first-order chi connectivity index (χ1) is 7.37. The number of rotatable bonds is 4. The zero-order valence-corrected chi connectivity index (χ0v) is 11.0. The summed E-state index contributed by atoms with van der Waals surface area (Å²) in [4.78, 5) is 13.2. The second kappa shape index (κ2) is 5.17. The molecule has 3 nitrogen and oxygen atoms in total. The molecule has 0 bridgehead atoms. The van der Waals surface area contributed by atoms with E-state index in [-0.39, 0.29) is 12.0 Å². The molecule has 0 amide bonds. The zero-order chi connectivity index (χ0) is 12.3. The van der Waals surface area contributed by atoms with E-state index in [1.54, 1.807) is 0 Å². The van der Waals surface area contributed by atoms with Crippen LogP contribution in [-0.2, 0) is 4.79 Å². The number of hydrogen-bond acceptors (Lipinski definition) is 2. The molecule has 0 heterocycles. The van der Waals surface area contributed by atoms with Gasteiger partial charge < -0.3 is 10.0 Å². The Labute approximate surface area is 98.8 Å². The molecule has 0 spiro atoms. The van der Waals surface area contributed by atoms with E-state index >= 15 is 0 Å². The molecule has 1 aliphatic carbocycles. The van der Waals surface area contributed by atoms with Gasteiger partial charge in [0.1, 0.15) is 0 Å². The van der Waals surface area contributed by atoms with Crippen molar-refractivity contribution in [3.8, 4) is 0 Å². The van der Waals surface area contributed by atoms with E-state index in [0.717, 1.165) is 19.3 Å². The van der Waals surface area contributed by atoms with E-state index in [9.17, 15) is 4.79 Å². The molecule has 1 saturated carbocycles. The second-order valence-electron chi connectivity index (χ2n) is 5.79.